The minimum atomic E-state index is -0.0528. The van der Waals surface area contributed by atoms with Gasteiger partial charge in [-0.05, 0) is 32.5 Å². The maximum atomic E-state index is 11.3. The first kappa shape index (κ1) is 24.5. The number of carbonyl (C=O) groups excluding carboxylic acids is 2. The van der Waals surface area contributed by atoms with Gasteiger partial charge < -0.3 is 19.7 Å². The number of hydrogen-bond donors (Lipinski definition) is 1. The first-order valence-electron chi connectivity index (χ1n) is 8.02. The van der Waals surface area contributed by atoms with Gasteiger partial charge in [0.25, 0.3) is 0 Å². The third kappa shape index (κ3) is 12.4. The molecule has 0 atom stereocenters. The van der Waals surface area contributed by atoms with E-state index in [4.69, 9.17) is 4.74 Å². The van der Waals surface area contributed by atoms with Crippen LogP contribution in [0.15, 0.2) is 0 Å². The van der Waals surface area contributed by atoms with Crippen molar-refractivity contribution in [2.75, 3.05) is 32.8 Å². The van der Waals surface area contributed by atoms with E-state index in [0.29, 0.717) is 0 Å². The van der Waals surface area contributed by atoms with Crippen LogP contribution in [-0.4, -0.2) is 49.9 Å². The van der Waals surface area contributed by atoms with E-state index in [9.17, 15) is 9.59 Å². The summed E-state index contributed by atoms with van der Waals surface area (Å²) in [6.45, 7) is 7.31. The number of unbranched alkanes of at least 4 members (excludes halogenated alkanes) is 3. The van der Waals surface area contributed by atoms with Crippen LogP contribution in [-0.2, 0) is 14.3 Å². The summed E-state index contributed by atoms with van der Waals surface area (Å²) in [5.74, 6) is 0.113. The number of carbonyl (C=O) groups is 1. The number of ether oxygens (including phenoxy) is 1. The summed E-state index contributed by atoms with van der Waals surface area (Å²) in [6.07, 6.45) is 8.58. The van der Waals surface area contributed by atoms with Crippen molar-refractivity contribution < 1.29 is 49.9 Å². The fourth-order valence-electron chi connectivity index (χ4n) is 2.53. The molecule has 1 aliphatic rings. The maximum Gasteiger partial charge on any atom is 0.242 e. The zero-order valence-corrected chi connectivity index (χ0v) is 19.7. The second kappa shape index (κ2) is 16.1. The molecule has 7 heteroatoms. The Kier molecular flexibility index (Phi) is 17.2. The minimum absolute atomic E-state index is 0. The van der Waals surface area contributed by atoms with Gasteiger partial charge in [-0.1, -0.05) is 25.7 Å². The fraction of sp³-hybridized carbons (Fsp3) is 0.812. The monoisotopic (exact) mass is 697 g/mol. The van der Waals surface area contributed by atoms with Gasteiger partial charge in [-0.3, -0.25) is 11.1 Å². The van der Waals surface area contributed by atoms with Gasteiger partial charge in [-0.25, -0.2) is 6.61 Å². The number of rotatable bonds is 11. The van der Waals surface area contributed by atoms with Crippen molar-refractivity contribution in [1.82, 2.24) is 10.2 Å². The molecule has 0 unspecified atom stereocenters. The molecule has 1 amide bonds. The Morgan fingerprint density at radius 1 is 1.26 bits per heavy atom. The first-order valence-corrected chi connectivity index (χ1v) is 8.02. The molecule has 0 spiro atoms. The van der Waals surface area contributed by atoms with Crippen molar-refractivity contribution in [2.45, 2.75) is 45.4 Å². The number of hydrogen-bond acceptors (Lipinski definition) is 4. The third-order valence-electron chi connectivity index (χ3n) is 3.86. The molecule has 1 heterocycles. The molecule has 140 valence electrons. The van der Waals surface area contributed by atoms with Gasteiger partial charge in [0.1, 0.15) is 0 Å². The summed E-state index contributed by atoms with van der Waals surface area (Å²) < 4.78 is 4.91. The molecule has 1 fully saturated rings. The topological polar surface area (TPSA) is 58.6 Å². The van der Waals surface area contributed by atoms with Crippen LogP contribution in [0.4, 0.5) is 0 Å². The quantitative estimate of drug-likeness (QED) is 0.264. The molecular formula is C16H28LaLrN2O3-2. The Morgan fingerprint density at radius 2 is 1.91 bits per heavy atom. The van der Waals surface area contributed by atoms with Crippen molar-refractivity contribution in [3.8, 4) is 0 Å². The van der Waals surface area contributed by atoms with Gasteiger partial charge in [-0.15, -0.1) is 5.92 Å². The zero-order valence-electron chi connectivity index (χ0n) is 13.9. The second-order valence-electron chi connectivity index (χ2n) is 5.54. The van der Waals surface area contributed by atoms with Crippen LogP contribution in [0.5, 0.6) is 0 Å². The van der Waals surface area contributed by atoms with Crippen LogP contribution in [0.3, 0.4) is 0 Å². The van der Waals surface area contributed by atoms with Gasteiger partial charge in [0.2, 0.25) is 5.91 Å². The predicted molar refractivity (Wildman–Crippen MR) is 82.3 cm³/mol. The third-order valence-corrected chi connectivity index (χ3v) is 3.86. The number of nitrogens with one attached hydrogen (secondary N) is 1. The van der Waals surface area contributed by atoms with E-state index in [0.717, 1.165) is 51.9 Å². The molecule has 0 aromatic rings. The van der Waals surface area contributed by atoms with Gasteiger partial charge in [0.05, 0.1) is 6.61 Å². The molecule has 0 aromatic carbocycles. The molecule has 0 saturated carbocycles. The van der Waals surface area contributed by atoms with Crippen molar-refractivity contribution in [3.63, 3.8) is 0 Å². The molecule has 2 radical (unpaired) electrons. The van der Waals surface area contributed by atoms with Crippen molar-refractivity contribution in [1.29, 1.82) is 0 Å². The Morgan fingerprint density at radius 3 is 2.52 bits per heavy atom. The molecule has 1 rings (SSSR count). The van der Waals surface area contributed by atoms with E-state index in [1.165, 1.54) is 19.4 Å². The molecule has 1 saturated heterocycles. The number of likely N-dealkylation sites (tertiary alicyclic amines) is 1. The average Bonchev–Trinajstić information content (AvgIpc) is 2.52. The largest absolute Gasteiger partial charge is 0.545 e. The van der Waals surface area contributed by atoms with Crippen LogP contribution in [0.2, 0.25) is 0 Å². The van der Waals surface area contributed by atoms with Crippen LogP contribution in [0.25, 0.3) is 0 Å². The number of nitrogens with zero attached hydrogens (tertiary/aromatic N) is 1. The average molecular weight is 697 g/mol. The molecule has 0 aromatic heterocycles. The molecule has 5 nitrogen and oxygen atoms in total. The zero-order chi connectivity index (χ0) is 15.3. The van der Waals surface area contributed by atoms with Crippen molar-refractivity contribution in [3.05, 3.63) is 6.61 Å². The van der Waals surface area contributed by atoms with E-state index >= 15 is 0 Å². The summed E-state index contributed by atoms with van der Waals surface area (Å²) in [7, 11) is 0. The Hall–Kier alpha value is -0.745. The standard InChI is InChI=1S/C16H28N2O3.La.Lr/c1-2-21-14-16(20)17-9-5-3-4-6-10-18-11-7-15(13-19)8-12-18;;/h2,15H,3-12,14H2,1H3,(H,17,20);;/q-2;;. The molecule has 1 N–H and O–H groups in total. The summed E-state index contributed by atoms with van der Waals surface area (Å²) >= 11 is 0. The van der Waals surface area contributed by atoms with Gasteiger partial charge in [0, 0.05) is 42.1 Å². The Balaban J connectivity index is 0. The van der Waals surface area contributed by atoms with Crippen molar-refractivity contribution >= 4 is 12.2 Å². The molecule has 1 aliphatic heterocycles. The number of amides is 1. The smallest absolute Gasteiger partial charge is 0.242 e. The van der Waals surface area contributed by atoms with E-state index < -0.39 is 0 Å². The first-order chi connectivity index (χ1) is 10.3. The summed E-state index contributed by atoms with van der Waals surface area (Å²) in [6, 6.07) is 0. The second-order valence-corrected chi connectivity index (χ2v) is 5.54. The van der Waals surface area contributed by atoms with E-state index in [2.05, 4.69) is 16.5 Å². The SMILES string of the molecule is C[CH-]OCC(=O)NCCCCCCN1CCC([C-]=O)CC1.[La].[Lr]. The van der Waals surface area contributed by atoms with Crippen LogP contribution < -0.4 is 5.32 Å². The van der Waals surface area contributed by atoms with Crippen LogP contribution in [0, 0.1) is 48.1 Å². The molecular weight excluding hydrogens is 669 g/mol. The Labute approximate surface area is 162 Å². The number of piperidine rings is 1. The molecule has 0 aliphatic carbocycles. The van der Waals surface area contributed by atoms with Crippen molar-refractivity contribution in [2.24, 2.45) is 5.92 Å². The van der Waals surface area contributed by atoms with E-state index in [1.54, 1.807) is 6.92 Å². The van der Waals surface area contributed by atoms with Crippen LogP contribution >= 0.6 is 0 Å². The summed E-state index contributed by atoms with van der Waals surface area (Å²) in [4.78, 5) is 24.2. The van der Waals surface area contributed by atoms with Gasteiger partial charge in [-0.2, -0.15) is 6.92 Å². The van der Waals surface area contributed by atoms with Crippen LogP contribution in [0.1, 0.15) is 45.4 Å². The predicted octanol–water partition coefficient (Wildman–Crippen LogP) is 1.68. The summed E-state index contributed by atoms with van der Waals surface area (Å²) in [5, 5.41) is 2.84. The van der Waals surface area contributed by atoms with Gasteiger partial charge in [0.15, 0.2) is 0 Å². The van der Waals surface area contributed by atoms with E-state index in [1.807, 2.05) is 0 Å². The maximum absolute atomic E-state index is 11.3. The van der Waals surface area contributed by atoms with E-state index in [-0.39, 0.29) is 54.0 Å². The minimum Gasteiger partial charge on any atom is -0.545 e. The Bertz CT molecular complexity index is 301. The normalized spacial score (nSPS) is 15.3. The molecule has 0 bridgehead atoms. The molecule has 23 heavy (non-hydrogen) atoms. The summed E-state index contributed by atoms with van der Waals surface area (Å²) in [5.41, 5.74) is 0. The van der Waals surface area contributed by atoms with Gasteiger partial charge >= 0.3 is 0 Å². The fourth-order valence-corrected chi connectivity index (χ4v) is 2.53.